The molecular weight excluding hydrogens is 220 g/mol. The predicted molar refractivity (Wildman–Crippen MR) is 68.8 cm³/mol. The SMILES string of the molecule is CNC(C)c1cnc(C(OC)C(C)(C)C)s1. The van der Waals surface area contributed by atoms with Gasteiger partial charge in [-0.3, -0.25) is 0 Å². The zero-order valence-electron chi connectivity index (χ0n) is 11.0. The van der Waals surface area contributed by atoms with Crippen LogP contribution in [0.3, 0.4) is 0 Å². The Balaban J connectivity index is 2.91. The van der Waals surface area contributed by atoms with Gasteiger partial charge in [-0.1, -0.05) is 20.8 Å². The molecule has 1 aromatic rings. The molecule has 4 heteroatoms. The van der Waals surface area contributed by atoms with E-state index in [9.17, 15) is 0 Å². The highest BCUT2D eigenvalue weighted by molar-refractivity contribution is 7.11. The number of rotatable bonds is 4. The van der Waals surface area contributed by atoms with Gasteiger partial charge in [-0.15, -0.1) is 11.3 Å². The Morgan fingerprint density at radius 1 is 1.44 bits per heavy atom. The Morgan fingerprint density at radius 3 is 2.50 bits per heavy atom. The monoisotopic (exact) mass is 242 g/mol. The number of thiazole rings is 1. The highest BCUT2D eigenvalue weighted by Gasteiger charge is 2.29. The summed E-state index contributed by atoms with van der Waals surface area (Å²) < 4.78 is 5.56. The van der Waals surface area contributed by atoms with Crippen LogP contribution in [0.25, 0.3) is 0 Å². The third kappa shape index (κ3) is 3.03. The molecule has 3 nitrogen and oxygen atoms in total. The molecule has 1 N–H and O–H groups in total. The minimum Gasteiger partial charge on any atom is -0.374 e. The number of nitrogens with one attached hydrogen (secondary N) is 1. The number of ether oxygens (including phenoxy) is 1. The molecule has 0 amide bonds. The molecule has 1 rings (SSSR count). The first-order chi connectivity index (χ1) is 7.40. The normalized spacial score (nSPS) is 16.1. The number of methoxy groups -OCH3 is 1. The molecule has 0 fully saturated rings. The van der Waals surface area contributed by atoms with Crippen molar-refractivity contribution in [2.75, 3.05) is 14.2 Å². The molecule has 92 valence electrons. The molecule has 0 aliphatic carbocycles. The van der Waals surface area contributed by atoms with E-state index in [0.29, 0.717) is 6.04 Å². The minimum absolute atomic E-state index is 0.0651. The van der Waals surface area contributed by atoms with Crippen LogP contribution in [0.2, 0.25) is 0 Å². The summed E-state index contributed by atoms with van der Waals surface area (Å²) >= 11 is 1.73. The van der Waals surface area contributed by atoms with Crippen LogP contribution >= 0.6 is 11.3 Å². The zero-order chi connectivity index (χ0) is 12.3. The fourth-order valence-electron chi connectivity index (χ4n) is 1.59. The standard InChI is InChI=1S/C12H22N2OS/c1-8(13-5)9-7-14-11(16-9)10(15-6)12(2,3)4/h7-8,10,13H,1-6H3. The first kappa shape index (κ1) is 13.6. The third-order valence-electron chi connectivity index (χ3n) is 2.65. The Kier molecular flexibility index (Phi) is 4.47. The fourth-order valence-corrected chi connectivity index (χ4v) is 2.89. The lowest BCUT2D eigenvalue weighted by Gasteiger charge is -2.27. The van der Waals surface area contributed by atoms with Crippen LogP contribution in [0.15, 0.2) is 6.20 Å². The number of nitrogens with zero attached hydrogens (tertiary/aromatic N) is 1. The van der Waals surface area contributed by atoms with Crippen LogP contribution in [0, 0.1) is 5.41 Å². The first-order valence-electron chi connectivity index (χ1n) is 5.55. The number of hydrogen-bond acceptors (Lipinski definition) is 4. The molecule has 2 atom stereocenters. The van der Waals surface area contributed by atoms with Gasteiger partial charge in [0, 0.05) is 24.2 Å². The molecule has 1 heterocycles. The maximum atomic E-state index is 5.56. The van der Waals surface area contributed by atoms with Crippen LogP contribution in [0.5, 0.6) is 0 Å². The van der Waals surface area contributed by atoms with Gasteiger partial charge in [0.15, 0.2) is 0 Å². The van der Waals surface area contributed by atoms with Crippen molar-refractivity contribution in [3.63, 3.8) is 0 Å². The van der Waals surface area contributed by atoms with Gasteiger partial charge in [0.05, 0.1) is 0 Å². The molecule has 16 heavy (non-hydrogen) atoms. The van der Waals surface area contributed by atoms with Crippen LogP contribution < -0.4 is 5.32 Å². The van der Waals surface area contributed by atoms with E-state index < -0.39 is 0 Å². The Bertz CT molecular complexity index is 330. The molecule has 0 saturated carbocycles. The average molecular weight is 242 g/mol. The van der Waals surface area contributed by atoms with E-state index in [1.54, 1.807) is 18.4 Å². The van der Waals surface area contributed by atoms with E-state index in [4.69, 9.17) is 4.74 Å². The van der Waals surface area contributed by atoms with E-state index in [0.717, 1.165) is 5.01 Å². The van der Waals surface area contributed by atoms with E-state index in [2.05, 4.69) is 38.0 Å². The summed E-state index contributed by atoms with van der Waals surface area (Å²) in [5, 5.41) is 4.28. The third-order valence-corrected chi connectivity index (χ3v) is 3.87. The summed E-state index contributed by atoms with van der Waals surface area (Å²) in [6, 6.07) is 0.351. The number of hydrogen-bond donors (Lipinski definition) is 1. The molecule has 1 aromatic heterocycles. The highest BCUT2D eigenvalue weighted by Crippen LogP contribution is 2.38. The van der Waals surface area contributed by atoms with Crippen molar-refractivity contribution >= 4 is 11.3 Å². The maximum absolute atomic E-state index is 5.56. The van der Waals surface area contributed by atoms with E-state index >= 15 is 0 Å². The van der Waals surface area contributed by atoms with Gasteiger partial charge < -0.3 is 10.1 Å². The van der Waals surface area contributed by atoms with Gasteiger partial charge >= 0.3 is 0 Å². The predicted octanol–water partition coefficient (Wildman–Crippen LogP) is 3.16. The van der Waals surface area contributed by atoms with Crippen LogP contribution in [0.4, 0.5) is 0 Å². The summed E-state index contributed by atoms with van der Waals surface area (Å²) in [6.45, 7) is 8.65. The summed E-state index contributed by atoms with van der Waals surface area (Å²) in [6.07, 6.45) is 2.01. The Hall–Kier alpha value is -0.450. The van der Waals surface area contributed by atoms with Crippen molar-refractivity contribution in [3.8, 4) is 0 Å². The van der Waals surface area contributed by atoms with Crippen molar-refractivity contribution in [1.29, 1.82) is 0 Å². The summed E-state index contributed by atoms with van der Waals surface area (Å²) in [5.41, 5.74) is 0.0761. The van der Waals surface area contributed by atoms with Crippen LogP contribution in [-0.2, 0) is 4.74 Å². The molecule has 0 bridgehead atoms. The minimum atomic E-state index is 0.0651. The second-order valence-corrected chi connectivity index (χ2v) is 6.19. The summed E-state index contributed by atoms with van der Waals surface area (Å²) in [5.74, 6) is 0. The molecule has 0 saturated heterocycles. The van der Waals surface area contributed by atoms with Crippen molar-refractivity contribution in [1.82, 2.24) is 10.3 Å². The Labute approximate surface area is 102 Å². The lowest BCUT2D eigenvalue weighted by Crippen LogP contribution is -2.19. The summed E-state index contributed by atoms with van der Waals surface area (Å²) in [4.78, 5) is 5.73. The molecule has 0 aliphatic rings. The van der Waals surface area contributed by atoms with Crippen molar-refractivity contribution in [2.45, 2.75) is 39.8 Å². The smallest absolute Gasteiger partial charge is 0.122 e. The largest absolute Gasteiger partial charge is 0.374 e. The van der Waals surface area contributed by atoms with Crippen molar-refractivity contribution in [2.24, 2.45) is 5.41 Å². The second kappa shape index (κ2) is 5.25. The average Bonchev–Trinajstić information content (AvgIpc) is 2.64. The van der Waals surface area contributed by atoms with Gasteiger partial charge in [-0.2, -0.15) is 0 Å². The van der Waals surface area contributed by atoms with Crippen molar-refractivity contribution < 1.29 is 4.74 Å². The van der Waals surface area contributed by atoms with Gasteiger partial charge in [0.1, 0.15) is 11.1 Å². The van der Waals surface area contributed by atoms with E-state index in [1.807, 2.05) is 13.2 Å². The molecular formula is C12H22N2OS. The lowest BCUT2D eigenvalue weighted by molar-refractivity contribution is 0.0150. The van der Waals surface area contributed by atoms with Crippen LogP contribution in [-0.4, -0.2) is 19.1 Å². The van der Waals surface area contributed by atoms with Gasteiger partial charge in [-0.05, 0) is 19.4 Å². The molecule has 0 radical (unpaired) electrons. The summed E-state index contributed by atoms with van der Waals surface area (Å²) in [7, 11) is 3.71. The molecule has 2 unspecified atom stereocenters. The van der Waals surface area contributed by atoms with E-state index in [-0.39, 0.29) is 11.5 Å². The highest BCUT2D eigenvalue weighted by atomic mass is 32.1. The van der Waals surface area contributed by atoms with Crippen LogP contribution in [0.1, 0.15) is 49.7 Å². The lowest BCUT2D eigenvalue weighted by atomic mass is 9.89. The van der Waals surface area contributed by atoms with Crippen molar-refractivity contribution in [3.05, 3.63) is 16.1 Å². The van der Waals surface area contributed by atoms with E-state index in [1.165, 1.54) is 4.88 Å². The van der Waals surface area contributed by atoms with Gasteiger partial charge in [0.25, 0.3) is 0 Å². The number of aromatic nitrogens is 1. The molecule has 0 spiro atoms. The van der Waals surface area contributed by atoms with Gasteiger partial charge in [0.2, 0.25) is 0 Å². The first-order valence-corrected chi connectivity index (χ1v) is 6.37. The topological polar surface area (TPSA) is 34.2 Å². The second-order valence-electron chi connectivity index (χ2n) is 5.09. The quantitative estimate of drug-likeness (QED) is 0.880. The van der Waals surface area contributed by atoms with Gasteiger partial charge in [-0.25, -0.2) is 4.98 Å². The molecule has 0 aromatic carbocycles. The Morgan fingerprint density at radius 2 is 2.06 bits per heavy atom. The fraction of sp³-hybridized carbons (Fsp3) is 0.750. The zero-order valence-corrected chi connectivity index (χ0v) is 11.8. The maximum Gasteiger partial charge on any atom is 0.122 e. The molecule has 0 aliphatic heterocycles.